The Morgan fingerprint density at radius 2 is 1.85 bits per heavy atom. The van der Waals surface area contributed by atoms with Crippen LogP contribution in [0.2, 0.25) is 5.02 Å². The fourth-order valence-electron chi connectivity index (χ4n) is 2.24. The van der Waals surface area contributed by atoms with Crippen LogP contribution in [0.15, 0.2) is 48.5 Å². The minimum absolute atomic E-state index is 0.00643. The zero-order chi connectivity index (χ0) is 19.1. The summed E-state index contributed by atoms with van der Waals surface area (Å²) in [6, 6.07) is 12.3. The van der Waals surface area contributed by atoms with Gasteiger partial charge in [0, 0.05) is 34.8 Å². The molecule has 8 heteroatoms. The maximum atomic E-state index is 11.9. The van der Waals surface area contributed by atoms with Gasteiger partial charge in [-0.3, -0.25) is 19.7 Å². The van der Waals surface area contributed by atoms with Gasteiger partial charge in [-0.2, -0.15) is 0 Å². The first-order valence-corrected chi connectivity index (χ1v) is 8.23. The number of hydrogen-bond acceptors (Lipinski definition) is 5. The van der Waals surface area contributed by atoms with Crippen LogP contribution in [0.4, 0.5) is 5.69 Å². The van der Waals surface area contributed by atoms with Gasteiger partial charge in [-0.05, 0) is 25.1 Å². The number of benzene rings is 2. The lowest BCUT2D eigenvalue weighted by Gasteiger charge is -2.15. The number of carbonyl (C=O) groups is 2. The minimum atomic E-state index is -0.544. The van der Waals surface area contributed by atoms with Gasteiger partial charge in [0.25, 0.3) is 11.6 Å². The van der Waals surface area contributed by atoms with E-state index in [2.05, 4.69) is 5.32 Å². The Hall–Kier alpha value is -2.93. The van der Waals surface area contributed by atoms with Crippen LogP contribution in [0.1, 0.15) is 35.4 Å². The van der Waals surface area contributed by atoms with Gasteiger partial charge in [0.2, 0.25) is 0 Å². The molecular formula is C18H17ClN2O5. The molecule has 0 fully saturated rings. The van der Waals surface area contributed by atoms with Crippen molar-refractivity contribution >= 4 is 29.2 Å². The Morgan fingerprint density at radius 1 is 1.19 bits per heavy atom. The molecule has 0 aromatic heterocycles. The number of rotatable bonds is 7. The molecule has 0 unspecified atom stereocenters. The second-order valence-electron chi connectivity index (χ2n) is 5.46. The molecule has 1 atom stereocenters. The molecule has 2 aromatic rings. The third-order valence-corrected chi connectivity index (χ3v) is 3.95. The first-order valence-electron chi connectivity index (χ1n) is 7.85. The second kappa shape index (κ2) is 8.96. The number of hydrogen-bond donors (Lipinski definition) is 1. The molecule has 26 heavy (non-hydrogen) atoms. The summed E-state index contributed by atoms with van der Waals surface area (Å²) in [5, 5.41) is 13.7. The fourth-order valence-corrected chi connectivity index (χ4v) is 2.53. The molecule has 0 bridgehead atoms. The standard InChI is InChI=1S/C18H17ClN2O5/c1-12(15-4-2-3-5-16(15)19)26-17(22)10-11-20-18(23)13-6-8-14(9-7-13)21(24)25/h2-9,12H,10-11H2,1H3,(H,20,23)/t12-/m0/s1. The number of nitrogens with one attached hydrogen (secondary N) is 1. The molecule has 0 radical (unpaired) electrons. The molecule has 136 valence electrons. The van der Waals surface area contributed by atoms with Crippen LogP contribution >= 0.6 is 11.6 Å². The molecule has 0 aliphatic rings. The first-order chi connectivity index (χ1) is 12.4. The van der Waals surface area contributed by atoms with Crippen molar-refractivity contribution in [1.29, 1.82) is 0 Å². The lowest BCUT2D eigenvalue weighted by atomic mass is 10.1. The average molecular weight is 377 g/mol. The number of amides is 1. The number of halogens is 1. The third kappa shape index (κ3) is 5.29. The number of carbonyl (C=O) groups excluding carboxylic acids is 2. The highest BCUT2D eigenvalue weighted by molar-refractivity contribution is 6.31. The van der Waals surface area contributed by atoms with E-state index >= 15 is 0 Å². The van der Waals surface area contributed by atoms with Gasteiger partial charge < -0.3 is 10.1 Å². The van der Waals surface area contributed by atoms with Crippen LogP contribution in [-0.2, 0) is 9.53 Å². The Morgan fingerprint density at radius 3 is 2.46 bits per heavy atom. The van der Waals surface area contributed by atoms with Crippen molar-refractivity contribution in [1.82, 2.24) is 5.32 Å². The summed E-state index contributed by atoms with van der Waals surface area (Å²) in [4.78, 5) is 33.9. The van der Waals surface area contributed by atoms with Gasteiger partial charge in [-0.25, -0.2) is 0 Å². The topological polar surface area (TPSA) is 98.5 Å². The lowest BCUT2D eigenvalue weighted by Crippen LogP contribution is -2.26. The largest absolute Gasteiger partial charge is 0.458 e. The maximum Gasteiger partial charge on any atom is 0.308 e. The molecular weight excluding hydrogens is 360 g/mol. The Balaban J connectivity index is 1.79. The smallest absolute Gasteiger partial charge is 0.308 e. The molecule has 0 saturated carbocycles. The highest BCUT2D eigenvalue weighted by Gasteiger charge is 2.15. The molecule has 7 nitrogen and oxygen atoms in total. The van der Waals surface area contributed by atoms with Crippen molar-refractivity contribution in [2.24, 2.45) is 0 Å². The number of nitro benzene ring substituents is 1. The van der Waals surface area contributed by atoms with Crippen molar-refractivity contribution in [3.8, 4) is 0 Å². The number of non-ortho nitro benzene ring substituents is 1. The third-order valence-electron chi connectivity index (χ3n) is 3.61. The normalized spacial score (nSPS) is 11.5. The van der Waals surface area contributed by atoms with Crippen molar-refractivity contribution in [2.75, 3.05) is 6.54 Å². The molecule has 0 saturated heterocycles. The molecule has 2 rings (SSSR count). The van der Waals surface area contributed by atoms with Crippen molar-refractivity contribution in [2.45, 2.75) is 19.4 Å². The summed E-state index contributed by atoms with van der Waals surface area (Å²) in [6.07, 6.45) is -0.505. The summed E-state index contributed by atoms with van der Waals surface area (Å²) < 4.78 is 5.30. The van der Waals surface area contributed by atoms with E-state index in [1.54, 1.807) is 31.2 Å². The molecule has 0 spiro atoms. The van der Waals surface area contributed by atoms with Crippen LogP contribution in [0.3, 0.4) is 0 Å². The molecule has 1 N–H and O–H groups in total. The monoisotopic (exact) mass is 376 g/mol. The lowest BCUT2D eigenvalue weighted by molar-refractivity contribution is -0.384. The van der Waals surface area contributed by atoms with Crippen molar-refractivity contribution in [3.05, 3.63) is 74.8 Å². The summed E-state index contributed by atoms with van der Waals surface area (Å²) >= 11 is 6.06. The van der Waals surface area contributed by atoms with E-state index in [0.29, 0.717) is 10.6 Å². The molecule has 2 aromatic carbocycles. The van der Waals surface area contributed by atoms with Gasteiger partial charge in [-0.15, -0.1) is 0 Å². The Kier molecular flexibility index (Phi) is 6.68. The van der Waals surface area contributed by atoms with Crippen LogP contribution < -0.4 is 5.32 Å². The van der Waals surface area contributed by atoms with E-state index < -0.39 is 22.9 Å². The zero-order valence-corrected chi connectivity index (χ0v) is 14.7. The Bertz CT molecular complexity index is 807. The van der Waals surface area contributed by atoms with E-state index in [-0.39, 0.29) is 24.2 Å². The van der Waals surface area contributed by atoms with Crippen LogP contribution in [0.5, 0.6) is 0 Å². The highest BCUT2D eigenvalue weighted by atomic mass is 35.5. The molecule has 0 aliphatic heterocycles. The van der Waals surface area contributed by atoms with E-state index in [4.69, 9.17) is 16.3 Å². The van der Waals surface area contributed by atoms with Crippen molar-refractivity contribution in [3.63, 3.8) is 0 Å². The van der Waals surface area contributed by atoms with Crippen molar-refractivity contribution < 1.29 is 19.2 Å². The maximum absolute atomic E-state index is 11.9. The average Bonchev–Trinajstić information content (AvgIpc) is 2.62. The summed E-state index contributed by atoms with van der Waals surface area (Å²) in [5.74, 6) is -0.895. The molecule has 1 amide bonds. The quantitative estimate of drug-likeness (QED) is 0.451. The van der Waals surface area contributed by atoms with E-state index in [1.165, 1.54) is 24.3 Å². The van der Waals surface area contributed by atoms with Gasteiger partial charge in [0.1, 0.15) is 6.10 Å². The van der Waals surface area contributed by atoms with Crippen LogP contribution in [0, 0.1) is 10.1 Å². The summed E-state index contributed by atoms with van der Waals surface area (Å²) in [7, 11) is 0. The van der Waals surface area contributed by atoms with Crippen LogP contribution in [-0.4, -0.2) is 23.3 Å². The first kappa shape index (κ1) is 19.4. The Labute approximate surface area is 155 Å². The predicted molar refractivity (Wildman–Crippen MR) is 96.0 cm³/mol. The summed E-state index contributed by atoms with van der Waals surface area (Å²) in [6.45, 7) is 1.80. The number of ether oxygens (including phenoxy) is 1. The van der Waals surface area contributed by atoms with E-state index in [1.807, 2.05) is 0 Å². The van der Waals surface area contributed by atoms with Gasteiger partial charge in [-0.1, -0.05) is 29.8 Å². The van der Waals surface area contributed by atoms with E-state index in [9.17, 15) is 19.7 Å². The summed E-state index contributed by atoms with van der Waals surface area (Å²) in [5.41, 5.74) is 0.879. The SMILES string of the molecule is C[C@H](OC(=O)CCNC(=O)c1ccc([N+](=O)[O-])cc1)c1ccccc1Cl. The molecule has 0 aliphatic carbocycles. The minimum Gasteiger partial charge on any atom is -0.458 e. The van der Waals surface area contributed by atoms with Gasteiger partial charge in [0.15, 0.2) is 0 Å². The number of nitrogens with zero attached hydrogens (tertiary/aromatic N) is 1. The number of esters is 1. The fraction of sp³-hybridized carbons (Fsp3) is 0.222. The highest BCUT2D eigenvalue weighted by Crippen LogP contribution is 2.25. The second-order valence-corrected chi connectivity index (χ2v) is 5.87. The van der Waals surface area contributed by atoms with Crippen LogP contribution in [0.25, 0.3) is 0 Å². The number of nitro groups is 1. The van der Waals surface area contributed by atoms with Gasteiger partial charge >= 0.3 is 5.97 Å². The zero-order valence-electron chi connectivity index (χ0n) is 14.0. The van der Waals surface area contributed by atoms with E-state index in [0.717, 1.165) is 0 Å². The molecule has 0 heterocycles. The van der Waals surface area contributed by atoms with Gasteiger partial charge in [0.05, 0.1) is 11.3 Å². The predicted octanol–water partition coefficient (Wildman–Crippen LogP) is 3.67.